The maximum atomic E-state index is 13.9. The van der Waals surface area contributed by atoms with Gasteiger partial charge in [0.1, 0.15) is 5.75 Å². The molecule has 3 amide bonds. The van der Waals surface area contributed by atoms with Gasteiger partial charge in [0.2, 0.25) is 0 Å². The summed E-state index contributed by atoms with van der Waals surface area (Å²) >= 11 is 0. The van der Waals surface area contributed by atoms with E-state index in [-0.39, 0.29) is 19.5 Å². The second kappa shape index (κ2) is 12.3. The molecule has 2 N–H and O–H groups in total. The van der Waals surface area contributed by atoms with Gasteiger partial charge in [0.25, 0.3) is 11.8 Å². The van der Waals surface area contributed by atoms with Gasteiger partial charge < -0.3 is 20.1 Å². The monoisotopic (exact) mass is 529 g/mol. The zero-order valence-electron chi connectivity index (χ0n) is 21.9. The number of aliphatic carboxylic acids is 1. The van der Waals surface area contributed by atoms with Gasteiger partial charge in [0.15, 0.2) is 6.17 Å². The highest BCUT2D eigenvalue weighted by Crippen LogP contribution is 2.24. The van der Waals surface area contributed by atoms with E-state index in [4.69, 9.17) is 4.74 Å². The fourth-order valence-corrected chi connectivity index (χ4v) is 4.58. The minimum Gasteiger partial charge on any atom is -0.481 e. The Hall–Kier alpha value is -4.66. The molecule has 4 rings (SSSR count). The molecule has 3 aromatic carbocycles. The van der Waals surface area contributed by atoms with Gasteiger partial charge in [0.05, 0.1) is 12.5 Å². The minimum absolute atomic E-state index is 0.176. The van der Waals surface area contributed by atoms with Crippen LogP contribution < -0.4 is 10.1 Å². The highest BCUT2D eigenvalue weighted by Gasteiger charge is 2.42. The Balaban J connectivity index is 1.67. The predicted octanol–water partition coefficient (Wildman–Crippen LogP) is 4.31. The number of carboxylic acids is 1. The Kier molecular flexibility index (Phi) is 8.60. The van der Waals surface area contributed by atoms with Crippen molar-refractivity contribution < 1.29 is 29.0 Å². The summed E-state index contributed by atoms with van der Waals surface area (Å²) < 4.78 is 5.53. The van der Waals surface area contributed by atoms with Crippen molar-refractivity contribution in [1.82, 2.24) is 15.1 Å². The van der Waals surface area contributed by atoms with Crippen molar-refractivity contribution in [2.45, 2.75) is 38.9 Å². The van der Waals surface area contributed by atoms with Gasteiger partial charge in [-0.3, -0.25) is 19.3 Å². The summed E-state index contributed by atoms with van der Waals surface area (Å²) in [5.74, 6) is -1.89. The van der Waals surface area contributed by atoms with Gasteiger partial charge in [-0.1, -0.05) is 65.7 Å². The average Bonchev–Trinajstić information content (AvgIpc) is 2.92. The second-order valence-electron chi connectivity index (χ2n) is 9.54. The van der Waals surface area contributed by atoms with Crippen molar-refractivity contribution in [3.8, 4) is 5.75 Å². The summed E-state index contributed by atoms with van der Waals surface area (Å²) in [6.07, 6.45) is -2.07. The third-order valence-electron chi connectivity index (χ3n) is 6.50. The quantitative estimate of drug-likeness (QED) is 0.471. The number of hydrogen-bond donors (Lipinski definition) is 2. The lowest BCUT2D eigenvalue weighted by Gasteiger charge is -2.42. The molecule has 3 aromatic rings. The molecule has 0 aliphatic carbocycles. The largest absolute Gasteiger partial charge is 0.481 e. The molecule has 0 saturated carbocycles. The Labute approximate surface area is 227 Å². The Morgan fingerprint density at radius 3 is 2.26 bits per heavy atom. The topological polar surface area (TPSA) is 116 Å². The normalized spacial score (nSPS) is 15.8. The Morgan fingerprint density at radius 2 is 1.59 bits per heavy atom. The molecular weight excluding hydrogens is 498 g/mol. The van der Waals surface area contributed by atoms with E-state index in [1.165, 1.54) is 9.80 Å². The molecule has 9 heteroatoms. The predicted molar refractivity (Wildman–Crippen MR) is 144 cm³/mol. The number of carbonyl (C=O) groups is 4. The SMILES string of the molecule is Cc1ccc(C(=O)N2CCCN(C(=O)Oc3ccccc3)C2C(=O)NC(CC(=O)O)c2cccc(C)c2)cc1. The van der Waals surface area contributed by atoms with E-state index >= 15 is 0 Å². The molecule has 0 radical (unpaired) electrons. The van der Waals surface area contributed by atoms with Crippen LogP contribution in [0.3, 0.4) is 0 Å². The van der Waals surface area contributed by atoms with Gasteiger partial charge in [-0.05, 0) is 50.1 Å². The summed E-state index contributed by atoms with van der Waals surface area (Å²) in [5.41, 5.74) is 2.86. The number of carbonyl (C=O) groups excluding carboxylic acids is 3. The van der Waals surface area contributed by atoms with Gasteiger partial charge in [0, 0.05) is 18.7 Å². The molecule has 0 spiro atoms. The number of rotatable bonds is 7. The van der Waals surface area contributed by atoms with Gasteiger partial charge >= 0.3 is 12.1 Å². The number of ether oxygens (including phenoxy) is 1. The molecule has 1 fully saturated rings. The molecular formula is C30H31N3O6. The molecule has 9 nitrogen and oxygen atoms in total. The summed E-state index contributed by atoms with van der Waals surface area (Å²) in [6, 6.07) is 21.7. The number of hydrogen-bond acceptors (Lipinski definition) is 5. The lowest BCUT2D eigenvalue weighted by molar-refractivity contribution is -0.138. The van der Waals surface area contributed by atoms with E-state index in [2.05, 4.69) is 5.32 Å². The molecule has 39 heavy (non-hydrogen) atoms. The van der Waals surface area contributed by atoms with Crippen molar-refractivity contribution >= 4 is 23.9 Å². The van der Waals surface area contributed by atoms with E-state index in [9.17, 15) is 24.3 Å². The first-order chi connectivity index (χ1) is 18.7. The molecule has 2 atom stereocenters. The zero-order chi connectivity index (χ0) is 27.9. The van der Waals surface area contributed by atoms with Crippen LogP contribution >= 0.6 is 0 Å². The number of para-hydroxylation sites is 1. The van der Waals surface area contributed by atoms with Gasteiger partial charge in [-0.15, -0.1) is 0 Å². The fourth-order valence-electron chi connectivity index (χ4n) is 4.58. The highest BCUT2D eigenvalue weighted by molar-refractivity contribution is 5.98. The van der Waals surface area contributed by atoms with Crippen LogP contribution in [-0.4, -0.2) is 58.0 Å². The molecule has 1 heterocycles. The van der Waals surface area contributed by atoms with Crippen LogP contribution in [0.5, 0.6) is 5.75 Å². The van der Waals surface area contributed by atoms with Crippen LogP contribution in [0.25, 0.3) is 0 Å². The molecule has 0 bridgehead atoms. The third kappa shape index (κ3) is 6.81. The van der Waals surface area contributed by atoms with Crippen molar-refractivity contribution in [2.75, 3.05) is 13.1 Å². The summed E-state index contributed by atoms with van der Waals surface area (Å²) in [7, 11) is 0. The Morgan fingerprint density at radius 1 is 0.897 bits per heavy atom. The van der Waals surface area contributed by atoms with E-state index in [1.54, 1.807) is 72.8 Å². The third-order valence-corrected chi connectivity index (χ3v) is 6.50. The van der Waals surface area contributed by atoms with Crippen LogP contribution in [0.4, 0.5) is 4.79 Å². The van der Waals surface area contributed by atoms with Gasteiger partial charge in [-0.2, -0.15) is 0 Å². The van der Waals surface area contributed by atoms with E-state index < -0.39 is 36.1 Å². The van der Waals surface area contributed by atoms with Crippen LogP contribution in [0.2, 0.25) is 0 Å². The second-order valence-corrected chi connectivity index (χ2v) is 9.54. The highest BCUT2D eigenvalue weighted by atomic mass is 16.6. The smallest absolute Gasteiger partial charge is 0.417 e. The molecule has 1 aliphatic rings. The lowest BCUT2D eigenvalue weighted by atomic mass is 10.0. The summed E-state index contributed by atoms with van der Waals surface area (Å²) in [6.45, 7) is 4.18. The van der Waals surface area contributed by atoms with Crippen molar-refractivity contribution in [2.24, 2.45) is 0 Å². The van der Waals surface area contributed by atoms with Crippen LogP contribution in [0.15, 0.2) is 78.9 Å². The van der Waals surface area contributed by atoms with Crippen LogP contribution in [0, 0.1) is 13.8 Å². The standard InChI is InChI=1S/C30H31N3O6/c1-20-12-14-22(15-13-20)29(37)32-16-7-17-33(30(38)39-24-10-4-3-5-11-24)28(32)27(36)31-25(19-26(34)35)23-9-6-8-21(2)18-23/h3-6,8-15,18,25,28H,7,16-17,19H2,1-2H3,(H,31,36)(H,34,35). The first kappa shape index (κ1) is 27.4. The molecule has 202 valence electrons. The van der Waals surface area contributed by atoms with Crippen molar-refractivity contribution in [3.63, 3.8) is 0 Å². The summed E-state index contributed by atoms with van der Waals surface area (Å²) in [5, 5.41) is 12.3. The van der Waals surface area contributed by atoms with E-state index in [1.807, 2.05) is 19.9 Å². The number of carboxylic acid groups (broad SMARTS) is 1. The first-order valence-electron chi connectivity index (χ1n) is 12.7. The number of aryl methyl sites for hydroxylation is 2. The maximum absolute atomic E-state index is 13.9. The maximum Gasteiger partial charge on any atom is 0.417 e. The summed E-state index contributed by atoms with van der Waals surface area (Å²) in [4.78, 5) is 55.0. The van der Waals surface area contributed by atoms with Crippen LogP contribution in [0.1, 0.15) is 45.9 Å². The average molecular weight is 530 g/mol. The minimum atomic E-state index is -1.34. The molecule has 1 aliphatic heterocycles. The van der Waals surface area contributed by atoms with Crippen molar-refractivity contribution in [1.29, 1.82) is 0 Å². The fraction of sp³-hybridized carbons (Fsp3) is 0.267. The van der Waals surface area contributed by atoms with Crippen molar-refractivity contribution in [3.05, 3.63) is 101 Å². The lowest BCUT2D eigenvalue weighted by Crippen LogP contribution is -2.64. The number of nitrogens with zero attached hydrogens (tertiary/aromatic N) is 2. The molecule has 2 unspecified atom stereocenters. The number of benzene rings is 3. The van der Waals surface area contributed by atoms with Crippen LogP contribution in [-0.2, 0) is 9.59 Å². The Bertz CT molecular complexity index is 1340. The molecule has 1 saturated heterocycles. The first-order valence-corrected chi connectivity index (χ1v) is 12.7. The van der Waals surface area contributed by atoms with E-state index in [0.717, 1.165) is 11.1 Å². The number of amides is 3. The molecule has 0 aromatic heterocycles. The zero-order valence-corrected chi connectivity index (χ0v) is 21.9. The van der Waals surface area contributed by atoms with E-state index in [0.29, 0.717) is 23.3 Å². The number of nitrogens with one attached hydrogen (secondary N) is 1. The van der Waals surface area contributed by atoms with Gasteiger partial charge in [-0.25, -0.2) is 4.79 Å².